The van der Waals surface area contributed by atoms with Crippen LogP contribution in [0.15, 0.2) is 53.5 Å². The van der Waals surface area contributed by atoms with Crippen LogP contribution in [0.1, 0.15) is 10.4 Å². The normalized spacial score (nSPS) is 10.4. The summed E-state index contributed by atoms with van der Waals surface area (Å²) in [5, 5.41) is 2.57. The summed E-state index contributed by atoms with van der Waals surface area (Å²) >= 11 is 0. The Morgan fingerprint density at radius 3 is 3.00 bits per heavy atom. The Morgan fingerprint density at radius 1 is 1.27 bits per heavy atom. The van der Waals surface area contributed by atoms with Gasteiger partial charge in [-0.1, -0.05) is 0 Å². The summed E-state index contributed by atoms with van der Waals surface area (Å²) in [6.45, 7) is -0.384. The van der Waals surface area contributed by atoms with E-state index in [1.165, 1.54) is 12.6 Å². The minimum atomic E-state index is -0.605. The lowest BCUT2D eigenvalue weighted by molar-refractivity contribution is -0.119. The molecule has 2 heterocycles. The molecule has 2 aromatic heterocycles. The van der Waals surface area contributed by atoms with Crippen LogP contribution in [-0.4, -0.2) is 28.5 Å². The standard InChI is InChI=1S/C15H11N3O4/c19-14(18-11-2-1-5-16-7-11)8-21-15(20)10-3-4-13-12(6-10)17-9-22-13/h1-7,9H,8H2,(H,18,19). The minimum absolute atomic E-state index is 0.301. The van der Waals surface area contributed by atoms with E-state index in [-0.39, 0.29) is 6.61 Å². The van der Waals surface area contributed by atoms with Crippen LogP contribution in [0.3, 0.4) is 0 Å². The molecule has 0 aliphatic carbocycles. The first-order valence-electron chi connectivity index (χ1n) is 6.42. The Kier molecular flexibility index (Phi) is 3.78. The lowest BCUT2D eigenvalue weighted by Crippen LogP contribution is -2.20. The second-order valence-electron chi connectivity index (χ2n) is 4.40. The highest BCUT2D eigenvalue weighted by atomic mass is 16.5. The van der Waals surface area contributed by atoms with Crippen molar-refractivity contribution in [3.05, 3.63) is 54.7 Å². The van der Waals surface area contributed by atoms with Gasteiger partial charge in [0.1, 0.15) is 5.52 Å². The van der Waals surface area contributed by atoms with Crippen molar-refractivity contribution in [2.24, 2.45) is 0 Å². The van der Waals surface area contributed by atoms with Crippen LogP contribution in [0.25, 0.3) is 11.1 Å². The van der Waals surface area contributed by atoms with E-state index in [9.17, 15) is 9.59 Å². The molecule has 1 N–H and O–H groups in total. The molecule has 0 atom stereocenters. The summed E-state index contributed by atoms with van der Waals surface area (Å²) in [4.78, 5) is 31.4. The molecular weight excluding hydrogens is 286 g/mol. The Labute approximate surface area is 124 Å². The Hall–Kier alpha value is -3.22. The van der Waals surface area contributed by atoms with Gasteiger partial charge in [-0.2, -0.15) is 0 Å². The third kappa shape index (κ3) is 3.09. The smallest absolute Gasteiger partial charge is 0.338 e. The molecule has 0 fully saturated rings. The molecule has 0 unspecified atom stereocenters. The van der Waals surface area contributed by atoms with E-state index in [2.05, 4.69) is 15.3 Å². The largest absolute Gasteiger partial charge is 0.452 e. The number of benzene rings is 1. The highest BCUT2D eigenvalue weighted by Crippen LogP contribution is 2.14. The van der Waals surface area contributed by atoms with Crippen molar-refractivity contribution < 1.29 is 18.7 Å². The zero-order valence-electron chi connectivity index (χ0n) is 11.4. The highest BCUT2D eigenvalue weighted by Gasteiger charge is 2.12. The number of anilines is 1. The van der Waals surface area contributed by atoms with Crippen molar-refractivity contribution >= 4 is 28.7 Å². The minimum Gasteiger partial charge on any atom is -0.452 e. The number of esters is 1. The Balaban J connectivity index is 1.58. The maximum Gasteiger partial charge on any atom is 0.338 e. The molecule has 7 nitrogen and oxygen atoms in total. The van der Waals surface area contributed by atoms with Crippen LogP contribution in [0.5, 0.6) is 0 Å². The molecule has 0 spiro atoms. The van der Waals surface area contributed by atoms with E-state index in [1.54, 1.807) is 36.5 Å². The summed E-state index contributed by atoms with van der Waals surface area (Å²) in [6, 6.07) is 8.09. The first-order valence-corrected chi connectivity index (χ1v) is 6.42. The van der Waals surface area contributed by atoms with Gasteiger partial charge in [0.15, 0.2) is 18.6 Å². The second-order valence-corrected chi connectivity index (χ2v) is 4.40. The van der Waals surface area contributed by atoms with Crippen molar-refractivity contribution in [3.63, 3.8) is 0 Å². The van der Waals surface area contributed by atoms with E-state index in [0.29, 0.717) is 22.4 Å². The predicted octanol–water partition coefficient (Wildman–Crippen LogP) is 2.02. The third-order valence-corrected chi connectivity index (χ3v) is 2.85. The predicted molar refractivity (Wildman–Crippen MR) is 77.2 cm³/mol. The van der Waals surface area contributed by atoms with Gasteiger partial charge in [-0.25, -0.2) is 9.78 Å². The third-order valence-electron chi connectivity index (χ3n) is 2.85. The number of oxazole rings is 1. The lowest BCUT2D eigenvalue weighted by Gasteiger charge is -2.06. The van der Waals surface area contributed by atoms with E-state index < -0.39 is 11.9 Å². The number of fused-ring (bicyclic) bond motifs is 1. The SMILES string of the molecule is O=C(COC(=O)c1ccc2ocnc2c1)Nc1cccnc1. The summed E-state index contributed by atoms with van der Waals surface area (Å²) in [7, 11) is 0. The molecule has 22 heavy (non-hydrogen) atoms. The van der Waals surface area contributed by atoms with Gasteiger partial charge >= 0.3 is 5.97 Å². The Morgan fingerprint density at radius 2 is 2.18 bits per heavy atom. The molecule has 3 rings (SSSR count). The average molecular weight is 297 g/mol. The van der Waals surface area contributed by atoms with E-state index >= 15 is 0 Å². The number of hydrogen-bond acceptors (Lipinski definition) is 6. The molecule has 1 aromatic carbocycles. The number of carbonyl (C=O) groups is 2. The van der Waals surface area contributed by atoms with Crippen LogP contribution in [0.2, 0.25) is 0 Å². The van der Waals surface area contributed by atoms with Crippen LogP contribution < -0.4 is 5.32 Å². The number of rotatable bonds is 4. The number of amides is 1. The maximum atomic E-state index is 11.9. The number of hydrogen-bond donors (Lipinski definition) is 1. The summed E-state index contributed by atoms with van der Waals surface area (Å²) in [5.74, 6) is -1.05. The summed E-state index contributed by atoms with van der Waals surface area (Å²) < 4.78 is 10.0. The fourth-order valence-corrected chi connectivity index (χ4v) is 1.83. The van der Waals surface area contributed by atoms with Gasteiger partial charge in [0.05, 0.1) is 17.4 Å². The quantitative estimate of drug-likeness (QED) is 0.740. The van der Waals surface area contributed by atoms with E-state index in [4.69, 9.17) is 9.15 Å². The fourth-order valence-electron chi connectivity index (χ4n) is 1.83. The first-order chi connectivity index (χ1) is 10.7. The van der Waals surface area contributed by atoms with E-state index in [0.717, 1.165) is 0 Å². The maximum absolute atomic E-state index is 11.9. The number of nitrogens with zero attached hydrogens (tertiary/aromatic N) is 2. The number of pyridine rings is 1. The molecule has 1 amide bonds. The van der Waals surface area contributed by atoms with Crippen molar-refractivity contribution in [1.29, 1.82) is 0 Å². The van der Waals surface area contributed by atoms with Gasteiger partial charge in [0, 0.05) is 6.20 Å². The molecule has 0 aliphatic rings. The molecule has 0 saturated carbocycles. The van der Waals surface area contributed by atoms with Gasteiger partial charge < -0.3 is 14.5 Å². The number of ether oxygens (including phenoxy) is 1. The first kappa shape index (κ1) is 13.7. The molecule has 3 aromatic rings. The topological polar surface area (TPSA) is 94.3 Å². The average Bonchev–Trinajstić information content (AvgIpc) is 3.01. The van der Waals surface area contributed by atoms with Crippen LogP contribution in [0, 0.1) is 0 Å². The summed E-state index contributed by atoms with van der Waals surface area (Å²) in [5.41, 5.74) is 1.96. The van der Waals surface area contributed by atoms with Crippen molar-refractivity contribution in [1.82, 2.24) is 9.97 Å². The second kappa shape index (κ2) is 6.04. The van der Waals surface area contributed by atoms with Gasteiger partial charge in [-0.05, 0) is 30.3 Å². The molecule has 110 valence electrons. The van der Waals surface area contributed by atoms with Crippen molar-refractivity contribution in [2.45, 2.75) is 0 Å². The molecule has 0 bridgehead atoms. The van der Waals surface area contributed by atoms with Crippen LogP contribution in [0.4, 0.5) is 5.69 Å². The van der Waals surface area contributed by atoms with Crippen molar-refractivity contribution in [3.8, 4) is 0 Å². The molecular formula is C15H11N3O4. The monoisotopic (exact) mass is 297 g/mol. The summed E-state index contributed by atoms with van der Waals surface area (Å²) in [6.07, 6.45) is 4.38. The zero-order chi connectivity index (χ0) is 15.4. The van der Waals surface area contributed by atoms with Crippen LogP contribution in [-0.2, 0) is 9.53 Å². The van der Waals surface area contributed by atoms with Gasteiger partial charge in [0.25, 0.3) is 5.91 Å². The number of nitrogens with one attached hydrogen (secondary N) is 1. The Bertz CT molecular complexity index is 814. The van der Waals surface area contributed by atoms with E-state index in [1.807, 2.05) is 0 Å². The number of carbonyl (C=O) groups excluding carboxylic acids is 2. The highest BCUT2D eigenvalue weighted by molar-refractivity contribution is 5.96. The molecule has 0 radical (unpaired) electrons. The molecule has 0 aliphatic heterocycles. The van der Waals surface area contributed by atoms with Crippen LogP contribution >= 0.6 is 0 Å². The zero-order valence-corrected chi connectivity index (χ0v) is 11.4. The van der Waals surface area contributed by atoms with Gasteiger partial charge in [-0.15, -0.1) is 0 Å². The molecule has 7 heteroatoms. The van der Waals surface area contributed by atoms with Crippen molar-refractivity contribution in [2.75, 3.05) is 11.9 Å². The lowest BCUT2D eigenvalue weighted by atomic mass is 10.2. The number of aromatic nitrogens is 2. The molecule has 0 saturated heterocycles. The van der Waals surface area contributed by atoms with Gasteiger partial charge in [-0.3, -0.25) is 9.78 Å². The fraction of sp³-hybridized carbons (Fsp3) is 0.0667. The van der Waals surface area contributed by atoms with Gasteiger partial charge in [0.2, 0.25) is 0 Å².